The second kappa shape index (κ2) is 8.10. The number of hydrogen-bond donors (Lipinski definition) is 1. The molecule has 166 valence electrons. The van der Waals surface area contributed by atoms with Gasteiger partial charge in [-0.05, 0) is 55.5 Å². The molecule has 1 aromatic heterocycles. The number of piperazine rings is 1. The number of aromatic nitrogens is 2. The fourth-order valence-corrected chi connectivity index (χ4v) is 5.06. The predicted octanol–water partition coefficient (Wildman–Crippen LogP) is 2.48. The van der Waals surface area contributed by atoms with E-state index in [0.29, 0.717) is 31.7 Å². The number of fused-ring (bicyclic) bond motifs is 2. The van der Waals surface area contributed by atoms with E-state index >= 15 is 0 Å². The maximum Gasteiger partial charge on any atom is 0.223 e. The minimum absolute atomic E-state index is 0.0982. The Kier molecular flexibility index (Phi) is 5.25. The summed E-state index contributed by atoms with van der Waals surface area (Å²) < 4.78 is 26.9. The first-order valence-corrected chi connectivity index (χ1v) is 11.0. The number of rotatable bonds is 6. The number of hydrogen-bond acceptors (Lipinski definition) is 6. The molecule has 2 bridgehead atoms. The van der Waals surface area contributed by atoms with Gasteiger partial charge in [-0.25, -0.2) is 8.78 Å². The molecule has 1 aliphatic carbocycles. The predicted molar refractivity (Wildman–Crippen MR) is 113 cm³/mol. The largest absolute Gasteiger partial charge is 0.346 e. The molecular weight excluding hydrogens is 414 g/mol. The lowest BCUT2D eigenvalue weighted by Crippen LogP contribution is -2.56. The number of anilines is 1. The third-order valence-corrected chi connectivity index (χ3v) is 6.89. The van der Waals surface area contributed by atoms with E-state index in [1.54, 1.807) is 12.1 Å². The van der Waals surface area contributed by atoms with E-state index in [1.165, 1.54) is 6.07 Å². The van der Waals surface area contributed by atoms with E-state index in [9.17, 15) is 13.6 Å². The molecule has 3 heterocycles. The number of nitrogens with one attached hydrogen (secondary N) is 1. The summed E-state index contributed by atoms with van der Waals surface area (Å²) in [5.41, 5.74) is 0.680. The van der Waals surface area contributed by atoms with Crippen LogP contribution < -0.4 is 10.2 Å². The normalized spacial score (nSPS) is 23.2. The summed E-state index contributed by atoms with van der Waals surface area (Å²) in [5.74, 6) is -0.832. The zero-order valence-corrected chi connectivity index (χ0v) is 17.6. The standard InChI is InChI=1S/C23H24F2N6O/c24-19-5-1-15(11-20(19)25)23(8-9-23)27-10-7-22(32)30-13-17-3-4-18(14-30)31(17)21-6-2-16(12-26)28-29-21/h1-2,5-6,11,17-18,27H,3-4,7-10,13-14H2. The maximum absolute atomic E-state index is 13.6. The number of carbonyl (C=O) groups excluding carboxylic acids is 1. The van der Waals surface area contributed by atoms with Crippen molar-refractivity contribution in [3.63, 3.8) is 0 Å². The zero-order valence-electron chi connectivity index (χ0n) is 17.6. The highest BCUT2D eigenvalue weighted by molar-refractivity contribution is 5.77. The van der Waals surface area contributed by atoms with Crippen molar-refractivity contribution in [1.82, 2.24) is 20.4 Å². The first-order valence-electron chi connectivity index (χ1n) is 11.0. The second-order valence-corrected chi connectivity index (χ2v) is 8.87. The molecule has 2 aliphatic heterocycles. The molecule has 1 aromatic carbocycles. The number of likely N-dealkylation sites (tertiary alicyclic amines) is 1. The van der Waals surface area contributed by atoms with Crippen LogP contribution >= 0.6 is 0 Å². The molecule has 5 rings (SSSR count). The fraction of sp³-hybridized carbons (Fsp3) is 0.478. The van der Waals surface area contributed by atoms with E-state index in [2.05, 4.69) is 20.4 Å². The first-order chi connectivity index (χ1) is 15.5. The van der Waals surface area contributed by atoms with Crippen LogP contribution in [0.1, 0.15) is 43.4 Å². The quantitative estimate of drug-likeness (QED) is 0.746. The van der Waals surface area contributed by atoms with Gasteiger partial charge in [0, 0.05) is 43.7 Å². The topological polar surface area (TPSA) is 85.2 Å². The Labute approximate surface area is 185 Å². The molecule has 1 saturated carbocycles. The Balaban J connectivity index is 1.16. The fourth-order valence-electron chi connectivity index (χ4n) is 5.06. The molecule has 2 saturated heterocycles. The summed E-state index contributed by atoms with van der Waals surface area (Å²) in [7, 11) is 0. The van der Waals surface area contributed by atoms with Gasteiger partial charge in [0.1, 0.15) is 6.07 Å². The van der Waals surface area contributed by atoms with Crippen molar-refractivity contribution in [3.8, 4) is 6.07 Å². The Hall–Kier alpha value is -3.12. The molecule has 1 N–H and O–H groups in total. The first kappa shape index (κ1) is 20.8. The Bertz CT molecular complexity index is 1050. The average molecular weight is 438 g/mol. The summed E-state index contributed by atoms with van der Waals surface area (Å²) in [4.78, 5) is 17.0. The molecular formula is C23H24F2N6O. The van der Waals surface area contributed by atoms with Crippen molar-refractivity contribution >= 4 is 11.7 Å². The molecule has 0 spiro atoms. The Morgan fingerprint density at radius 2 is 1.88 bits per heavy atom. The summed E-state index contributed by atoms with van der Waals surface area (Å²) in [6.07, 6.45) is 4.05. The molecule has 7 nitrogen and oxygen atoms in total. The van der Waals surface area contributed by atoms with Crippen LogP contribution in [0.3, 0.4) is 0 Å². The van der Waals surface area contributed by atoms with Gasteiger partial charge in [0.15, 0.2) is 23.1 Å². The Morgan fingerprint density at radius 1 is 1.12 bits per heavy atom. The minimum atomic E-state index is -0.847. The summed E-state index contributed by atoms with van der Waals surface area (Å²) in [6.45, 7) is 1.78. The number of carbonyl (C=O) groups is 1. The van der Waals surface area contributed by atoms with E-state index < -0.39 is 11.6 Å². The van der Waals surface area contributed by atoms with Crippen LogP contribution in [0.15, 0.2) is 30.3 Å². The second-order valence-electron chi connectivity index (χ2n) is 8.87. The van der Waals surface area contributed by atoms with Gasteiger partial charge in [-0.3, -0.25) is 4.79 Å². The van der Waals surface area contributed by atoms with Gasteiger partial charge in [-0.1, -0.05) is 6.07 Å². The van der Waals surface area contributed by atoms with Crippen molar-refractivity contribution in [2.24, 2.45) is 0 Å². The molecule has 2 atom stereocenters. The molecule has 0 radical (unpaired) electrons. The molecule has 32 heavy (non-hydrogen) atoms. The number of nitrogens with zero attached hydrogens (tertiary/aromatic N) is 5. The van der Waals surface area contributed by atoms with E-state index in [0.717, 1.165) is 43.1 Å². The molecule has 9 heteroatoms. The highest BCUT2D eigenvalue weighted by Gasteiger charge is 2.45. The van der Waals surface area contributed by atoms with Crippen LogP contribution in [0.2, 0.25) is 0 Å². The maximum atomic E-state index is 13.6. The van der Waals surface area contributed by atoms with Gasteiger partial charge in [-0.2, -0.15) is 5.26 Å². The molecule has 2 aromatic rings. The van der Waals surface area contributed by atoms with Gasteiger partial charge < -0.3 is 15.1 Å². The van der Waals surface area contributed by atoms with Crippen LogP contribution in [-0.4, -0.2) is 52.7 Å². The van der Waals surface area contributed by atoms with Crippen molar-refractivity contribution in [2.45, 2.75) is 49.7 Å². The summed E-state index contributed by atoms with van der Waals surface area (Å²) >= 11 is 0. The molecule has 3 fully saturated rings. The van der Waals surface area contributed by atoms with Gasteiger partial charge in [0.25, 0.3) is 0 Å². The monoisotopic (exact) mass is 438 g/mol. The average Bonchev–Trinajstić information content (AvgIpc) is 3.55. The third-order valence-electron chi connectivity index (χ3n) is 6.89. The van der Waals surface area contributed by atoms with Gasteiger partial charge >= 0.3 is 0 Å². The highest BCUT2D eigenvalue weighted by atomic mass is 19.2. The van der Waals surface area contributed by atoms with E-state index in [-0.39, 0.29) is 23.5 Å². The van der Waals surface area contributed by atoms with Gasteiger partial charge in [0.05, 0.1) is 0 Å². The van der Waals surface area contributed by atoms with Gasteiger partial charge in [0.2, 0.25) is 5.91 Å². The lowest BCUT2D eigenvalue weighted by Gasteiger charge is -2.41. The molecule has 1 amide bonds. The Morgan fingerprint density at radius 3 is 2.47 bits per heavy atom. The van der Waals surface area contributed by atoms with Crippen molar-refractivity contribution in [2.75, 3.05) is 24.5 Å². The minimum Gasteiger partial charge on any atom is -0.346 e. The highest BCUT2D eigenvalue weighted by Crippen LogP contribution is 2.45. The lowest BCUT2D eigenvalue weighted by molar-refractivity contribution is -0.132. The zero-order chi connectivity index (χ0) is 22.3. The van der Waals surface area contributed by atoms with E-state index in [4.69, 9.17) is 5.26 Å². The summed E-state index contributed by atoms with van der Waals surface area (Å²) in [6, 6.07) is 9.90. The van der Waals surface area contributed by atoms with Crippen molar-refractivity contribution in [3.05, 3.63) is 53.2 Å². The van der Waals surface area contributed by atoms with Crippen LogP contribution in [-0.2, 0) is 10.3 Å². The van der Waals surface area contributed by atoms with Crippen LogP contribution in [0.4, 0.5) is 14.6 Å². The number of benzene rings is 1. The molecule has 3 aliphatic rings. The van der Waals surface area contributed by atoms with Crippen LogP contribution in [0, 0.1) is 23.0 Å². The van der Waals surface area contributed by atoms with Gasteiger partial charge in [-0.15, -0.1) is 10.2 Å². The number of amides is 1. The smallest absolute Gasteiger partial charge is 0.223 e. The van der Waals surface area contributed by atoms with E-state index in [1.807, 2.05) is 17.0 Å². The summed E-state index contributed by atoms with van der Waals surface area (Å²) in [5, 5.41) is 20.5. The molecule has 2 unspecified atom stereocenters. The number of nitriles is 1. The number of halogens is 2. The van der Waals surface area contributed by atoms with Crippen LogP contribution in [0.5, 0.6) is 0 Å². The SMILES string of the molecule is N#Cc1ccc(N2C3CCC2CN(C(=O)CCNC2(c4ccc(F)c(F)c4)CC2)C3)nn1. The lowest BCUT2D eigenvalue weighted by atomic mass is 10.0. The van der Waals surface area contributed by atoms with Crippen molar-refractivity contribution < 1.29 is 13.6 Å². The third kappa shape index (κ3) is 3.79. The van der Waals surface area contributed by atoms with Crippen molar-refractivity contribution in [1.29, 1.82) is 5.26 Å². The van der Waals surface area contributed by atoms with Crippen LogP contribution in [0.25, 0.3) is 0 Å².